The van der Waals surface area contributed by atoms with Crippen LogP contribution in [0.4, 0.5) is 0 Å². The van der Waals surface area contributed by atoms with Gasteiger partial charge in [0, 0.05) is 23.9 Å². The van der Waals surface area contributed by atoms with Gasteiger partial charge >= 0.3 is 0 Å². The van der Waals surface area contributed by atoms with Crippen molar-refractivity contribution < 1.29 is 4.74 Å². The third-order valence-corrected chi connectivity index (χ3v) is 4.30. The molecule has 0 radical (unpaired) electrons. The molecule has 0 bridgehead atoms. The summed E-state index contributed by atoms with van der Waals surface area (Å²) >= 11 is 1.73. The van der Waals surface area contributed by atoms with Crippen molar-refractivity contribution in [1.29, 1.82) is 0 Å². The SMILES string of the molecule is COc1cccc(-c2csc(CCNCCCN(C)C)n2)c1. The number of rotatable bonds is 9. The second-order valence-electron chi connectivity index (χ2n) is 5.52. The van der Waals surface area contributed by atoms with Crippen molar-refractivity contribution in [2.75, 3.05) is 40.8 Å². The van der Waals surface area contributed by atoms with Crippen LogP contribution >= 0.6 is 11.3 Å². The molecule has 5 heteroatoms. The number of ether oxygens (including phenoxy) is 1. The maximum atomic E-state index is 5.26. The molecule has 2 aromatic rings. The van der Waals surface area contributed by atoms with Crippen LogP contribution in [0.3, 0.4) is 0 Å². The molecule has 0 aliphatic heterocycles. The van der Waals surface area contributed by atoms with Crippen molar-refractivity contribution in [3.8, 4) is 17.0 Å². The molecular formula is C17H25N3OS. The number of benzene rings is 1. The lowest BCUT2D eigenvalue weighted by Crippen LogP contribution is -2.23. The quantitative estimate of drug-likeness (QED) is 0.721. The standard InChI is InChI=1S/C17H25N3OS/c1-20(2)11-5-9-18-10-8-17-19-16(13-22-17)14-6-4-7-15(12-14)21-3/h4,6-7,12-13,18H,5,8-11H2,1-3H3. The first-order valence-electron chi connectivity index (χ1n) is 7.63. The second kappa shape index (κ2) is 8.88. The van der Waals surface area contributed by atoms with Crippen LogP contribution in [0.1, 0.15) is 11.4 Å². The Morgan fingerprint density at radius 1 is 1.27 bits per heavy atom. The van der Waals surface area contributed by atoms with Gasteiger partial charge in [0.25, 0.3) is 0 Å². The third kappa shape index (κ3) is 5.40. The van der Waals surface area contributed by atoms with Crippen LogP contribution in [-0.2, 0) is 6.42 Å². The lowest BCUT2D eigenvalue weighted by molar-refractivity contribution is 0.395. The third-order valence-electron chi connectivity index (χ3n) is 3.39. The van der Waals surface area contributed by atoms with E-state index in [0.29, 0.717) is 0 Å². The topological polar surface area (TPSA) is 37.4 Å². The van der Waals surface area contributed by atoms with Gasteiger partial charge in [-0.1, -0.05) is 12.1 Å². The molecule has 0 amide bonds. The summed E-state index contributed by atoms with van der Waals surface area (Å²) in [7, 11) is 5.90. The average Bonchev–Trinajstić information content (AvgIpc) is 2.99. The van der Waals surface area contributed by atoms with E-state index in [9.17, 15) is 0 Å². The van der Waals surface area contributed by atoms with E-state index >= 15 is 0 Å². The Labute approximate surface area is 137 Å². The van der Waals surface area contributed by atoms with Crippen molar-refractivity contribution >= 4 is 11.3 Å². The first kappa shape index (κ1) is 16.9. The molecule has 0 unspecified atom stereocenters. The Balaban J connectivity index is 1.79. The molecule has 22 heavy (non-hydrogen) atoms. The summed E-state index contributed by atoms with van der Waals surface area (Å²) in [5.74, 6) is 0.870. The monoisotopic (exact) mass is 319 g/mol. The molecule has 1 heterocycles. The largest absolute Gasteiger partial charge is 0.497 e. The minimum Gasteiger partial charge on any atom is -0.497 e. The maximum absolute atomic E-state index is 5.26. The summed E-state index contributed by atoms with van der Waals surface area (Å²) in [5, 5.41) is 6.78. The molecule has 0 aliphatic rings. The number of thiazole rings is 1. The Bertz CT molecular complexity index is 569. The summed E-state index contributed by atoms with van der Waals surface area (Å²) in [4.78, 5) is 6.93. The van der Waals surface area contributed by atoms with Gasteiger partial charge in [-0.25, -0.2) is 4.98 Å². The number of hydrogen-bond donors (Lipinski definition) is 1. The Morgan fingerprint density at radius 2 is 2.14 bits per heavy atom. The molecule has 2 rings (SSSR count). The lowest BCUT2D eigenvalue weighted by Gasteiger charge is -2.09. The van der Waals surface area contributed by atoms with Crippen LogP contribution in [-0.4, -0.2) is 50.7 Å². The van der Waals surface area contributed by atoms with Gasteiger partial charge in [0.2, 0.25) is 0 Å². The summed E-state index contributed by atoms with van der Waals surface area (Å²) in [5.41, 5.74) is 2.15. The van der Waals surface area contributed by atoms with Crippen molar-refractivity contribution in [2.45, 2.75) is 12.8 Å². The maximum Gasteiger partial charge on any atom is 0.119 e. The van der Waals surface area contributed by atoms with E-state index in [-0.39, 0.29) is 0 Å². The Kier molecular flexibility index (Phi) is 6.83. The van der Waals surface area contributed by atoms with Gasteiger partial charge in [0.1, 0.15) is 5.75 Å². The van der Waals surface area contributed by atoms with Gasteiger partial charge in [0.15, 0.2) is 0 Å². The van der Waals surface area contributed by atoms with Gasteiger partial charge < -0.3 is 15.0 Å². The van der Waals surface area contributed by atoms with E-state index in [2.05, 4.69) is 35.8 Å². The van der Waals surface area contributed by atoms with Gasteiger partial charge in [-0.15, -0.1) is 11.3 Å². The molecular weight excluding hydrogens is 294 g/mol. The molecule has 4 nitrogen and oxygen atoms in total. The lowest BCUT2D eigenvalue weighted by atomic mass is 10.2. The van der Waals surface area contributed by atoms with Crippen molar-refractivity contribution in [2.24, 2.45) is 0 Å². The first-order valence-corrected chi connectivity index (χ1v) is 8.51. The van der Waals surface area contributed by atoms with Crippen molar-refractivity contribution in [1.82, 2.24) is 15.2 Å². The molecule has 0 atom stereocenters. The fraction of sp³-hybridized carbons (Fsp3) is 0.471. The van der Waals surface area contributed by atoms with E-state index in [4.69, 9.17) is 9.72 Å². The number of hydrogen-bond acceptors (Lipinski definition) is 5. The van der Waals surface area contributed by atoms with Crippen LogP contribution in [0.15, 0.2) is 29.6 Å². The molecule has 1 N–H and O–H groups in total. The highest BCUT2D eigenvalue weighted by atomic mass is 32.1. The van der Waals surface area contributed by atoms with E-state index in [1.54, 1.807) is 18.4 Å². The molecule has 0 spiro atoms. The first-order chi connectivity index (χ1) is 10.7. The normalized spacial score (nSPS) is 11.1. The fourth-order valence-electron chi connectivity index (χ4n) is 2.18. The second-order valence-corrected chi connectivity index (χ2v) is 6.46. The van der Waals surface area contributed by atoms with E-state index in [0.717, 1.165) is 43.1 Å². The summed E-state index contributed by atoms with van der Waals surface area (Å²) in [6.45, 7) is 3.18. The van der Waals surface area contributed by atoms with Crippen LogP contribution in [0.2, 0.25) is 0 Å². The van der Waals surface area contributed by atoms with Gasteiger partial charge in [-0.2, -0.15) is 0 Å². The fourth-order valence-corrected chi connectivity index (χ4v) is 2.99. The zero-order valence-corrected chi connectivity index (χ0v) is 14.4. The summed E-state index contributed by atoms with van der Waals surface area (Å²) in [6.07, 6.45) is 2.16. The van der Waals surface area contributed by atoms with E-state index < -0.39 is 0 Å². The Hall–Kier alpha value is -1.43. The zero-order chi connectivity index (χ0) is 15.8. The predicted octanol–water partition coefficient (Wildman–Crippen LogP) is 2.90. The smallest absolute Gasteiger partial charge is 0.119 e. The molecule has 0 saturated heterocycles. The van der Waals surface area contributed by atoms with Crippen molar-refractivity contribution in [3.63, 3.8) is 0 Å². The van der Waals surface area contributed by atoms with Gasteiger partial charge in [-0.3, -0.25) is 0 Å². The molecule has 0 saturated carbocycles. The predicted molar refractivity (Wildman–Crippen MR) is 93.8 cm³/mol. The van der Waals surface area contributed by atoms with E-state index in [1.165, 1.54) is 11.4 Å². The Morgan fingerprint density at radius 3 is 2.91 bits per heavy atom. The minimum atomic E-state index is 0.870. The highest BCUT2D eigenvalue weighted by molar-refractivity contribution is 7.09. The highest BCUT2D eigenvalue weighted by Crippen LogP contribution is 2.25. The van der Waals surface area contributed by atoms with Crippen molar-refractivity contribution in [3.05, 3.63) is 34.7 Å². The number of aromatic nitrogens is 1. The van der Waals surface area contributed by atoms with Crippen LogP contribution < -0.4 is 10.1 Å². The zero-order valence-electron chi connectivity index (χ0n) is 13.6. The summed E-state index contributed by atoms with van der Waals surface area (Å²) in [6, 6.07) is 8.05. The van der Waals surface area contributed by atoms with Gasteiger partial charge in [0.05, 0.1) is 17.8 Å². The van der Waals surface area contributed by atoms with E-state index in [1.807, 2.05) is 18.2 Å². The highest BCUT2D eigenvalue weighted by Gasteiger charge is 2.05. The van der Waals surface area contributed by atoms with Gasteiger partial charge in [-0.05, 0) is 45.7 Å². The molecule has 1 aromatic heterocycles. The van der Waals surface area contributed by atoms with Crippen LogP contribution in [0.25, 0.3) is 11.3 Å². The molecule has 1 aromatic carbocycles. The number of nitrogens with zero attached hydrogens (tertiary/aromatic N) is 2. The number of nitrogens with one attached hydrogen (secondary N) is 1. The van der Waals surface area contributed by atoms with Crippen LogP contribution in [0.5, 0.6) is 5.75 Å². The summed E-state index contributed by atoms with van der Waals surface area (Å²) < 4.78 is 5.26. The number of methoxy groups -OCH3 is 1. The average molecular weight is 319 g/mol. The minimum absolute atomic E-state index is 0.870. The van der Waals surface area contributed by atoms with Crippen LogP contribution in [0, 0.1) is 0 Å². The molecule has 120 valence electrons. The molecule has 0 aliphatic carbocycles. The molecule has 0 fully saturated rings.